The first-order chi connectivity index (χ1) is 9.74. The Morgan fingerprint density at radius 2 is 1.90 bits per heavy atom. The van der Waals surface area contributed by atoms with E-state index in [4.69, 9.17) is 0 Å². The minimum Gasteiger partial charge on any atom is -0.294 e. The third-order valence-corrected chi connectivity index (χ3v) is 3.32. The lowest BCUT2D eigenvalue weighted by Crippen LogP contribution is -2.04. The van der Waals surface area contributed by atoms with Crippen LogP contribution in [0.4, 0.5) is 0 Å². The Kier molecular flexibility index (Phi) is 3.25. The summed E-state index contributed by atoms with van der Waals surface area (Å²) in [5.41, 5.74) is 3.29. The molecular formula is C15H14N4O. The zero-order valence-corrected chi connectivity index (χ0v) is 11.2. The summed E-state index contributed by atoms with van der Waals surface area (Å²) in [5, 5.41) is 4.10. The van der Waals surface area contributed by atoms with Gasteiger partial charge in [0.05, 0.1) is 11.0 Å². The molecule has 0 aliphatic heterocycles. The van der Waals surface area contributed by atoms with E-state index >= 15 is 0 Å². The van der Waals surface area contributed by atoms with E-state index in [1.54, 1.807) is 29.3 Å². The Balaban J connectivity index is 1.77. The van der Waals surface area contributed by atoms with Crippen molar-refractivity contribution in [3.05, 3.63) is 54.1 Å². The molecule has 0 radical (unpaired) electrons. The van der Waals surface area contributed by atoms with Crippen molar-refractivity contribution >= 4 is 16.8 Å². The van der Waals surface area contributed by atoms with Crippen molar-refractivity contribution in [2.75, 3.05) is 0 Å². The molecule has 0 amide bonds. The van der Waals surface area contributed by atoms with Crippen LogP contribution in [0.25, 0.3) is 11.0 Å². The standard InChI is InChI=1S/C15H14N4O/c1-19-12(6-7-18-19)3-5-15(20)11-2-4-13-14(10-11)17-9-8-16-13/h2,4,6-10H,3,5H2,1H3. The highest BCUT2D eigenvalue weighted by molar-refractivity contribution is 5.98. The third-order valence-electron chi connectivity index (χ3n) is 3.32. The molecular weight excluding hydrogens is 252 g/mol. The van der Waals surface area contributed by atoms with E-state index < -0.39 is 0 Å². The van der Waals surface area contributed by atoms with Crippen LogP contribution in [-0.4, -0.2) is 25.5 Å². The van der Waals surface area contributed by atoms with E-state index in [9.17, 15) is 4.79 Å². The molecule has 0 N–H and O–H groups in total. The summed E-state index contributed by atoms with van der Waals surface area (Å²) in [5.74, 6) is 0.110. The van der Waals surface area contributed by atoms with Gasteiger partial charge in [0.2, 0.25) is 0 Å². The number of aromatic nitrogens is 4. The summed E-state index contributed by atoms with van der Waals surface area (Å²) in [6.45, 7) is 0. The van der Waals surface area contributed by atoms with Gasteiger partial charge in [0.1, 0.15) is 0 Å². The van der Waals surface area contributed by atoms with Crippen LogP contribution in [0.1, 0.15) is 22.5 Å². The number of nitrogens with zero attached hydrogens (tertiary/aromatic N) is 4. The fraction of sp³-hybridized carbons (Fsp3) is 0.200. The van der Waals surface area contributed by atoms with Crippen LogP contribution in [0.5, 0.6) is 0 Å². The molecule has 0 saturated carbocycles. The van der Waals surface area contributed by atoms with Crippen LogP contribution in [0.2, 0.25) is 0 Å². The maximum atomic E-state index is 12.2. The van der Waals surface area contributed by atoms with Gasteiger partial charge in [0.25, 0.3) is 0 Å². The van der Waals surface area contributed by atoms with Crippen molar-refractivity contribution < 1.29 is 4.79 Å². The SMILES string of the molecule is Cn1nccc1CCC(=O)c1ccc2nccnc2c1. The first-order valence-corrected chi connectivity index (χ1v) is 6.45. The summed E-state index contributed by atoms with van der Waals surface area (Å²) in [4.78, 5) is 20.6. The molecule has 0 unspecified atom stereocenters. The van der Waals surface area contributed by atoms with E-state index in [-0.39, 0.29) is 5.78 Å². The molecule has 0 bridgehead atoms. The van der Waals surface area contributed by atoms with Gasteiger partial charge in [-0.05, 0) is 30.7 Å². The summed E-state index contributed by atoms with van der Waals surface area (Å²) in [6.07, 6.45) is 6.17. The predicted octanol–water partition coefficient (Wildman–Crippen LogP) is 2.18. The zero-order chi connectivity index (χ0) is 13.9. The topological polar surface area (TPSA) is 60.7 Å². The molecule has 0 fully saturated rings. The number of carbonyl (C=O) groups is 1. The fourth-order valence-electron chi connectivity index (χ4n) is 2.17. The Morgan fingerprint density at radius 1 is 1.10 bits per heavy atom. The molecule has 5 nitrogen and oxygen atoms in total. The molecule has 0 spiro atoms. The first-order valence-electron chi connectivity index (χ1n) is 6.45. The summed E-state index contributed by atoms with van der Waals surface area (Å²) in [6, 6.07) is 7.37. The highest BCUT2D eigenvalue weighted by Gasteiger charge is 2.09. The summed E-state index contributed by atoms with van der Waals surface area (Å²) < 4.78 is 1.79. The average Bonchev–Trinajstić information content (AvgIpc) is 2.89. The van der Waals surface area contributed by atoms with Crippen LogP contribution in [0, 0.1) is 0 Å². The zero-order valence-electron chi connectivity index (χ0n) is 11.2. The van der Waals surface area contributed by atoms with Gasteiger partial charge in [0, 0.05) is 43.3 Å². The quantitative estimate of drug-likeness (QED) is 0.679. The number of rotatable bonds is 4. The number of hydrogen-bond acceptors (Lipinski definition) is 4. The van der Waals surface area contributed by atoms with E-state index in [0.717, 1.165) is 16.7 Å². The van der Waals surface area contributed by atoms with Crippen molar-refractivity contribution in [2.24, 2.45) is 7.05 Å². The summed E-state index contributed by atoms with van der Waals surface area (Å²) in [7, 11) is 1.88. The van der Waals surface area contributed by atoms with Crippen LogP contribution < -0.4 is 0 Å². The van der Waals surface area contributed by atoms with Gasteiger partial charge in [-0.1, -0.05) is 0 Å². The maximum absolute atomic E-state index is 12.2. The van der Waals surface area contributed by atoms with E-state index in [2.05, 4.69) is 15.1 Å². The minimum absolute atomic E-state index is 0.110. The number of Topliss-reactive ketones (excluding diaryl/α,β-unsaturated/α-hetero) is 1. The first kappa shape index (κ1) is 12.5. The molecule has 1 aromatic carbocycles. The van der Waals surface area contributed by atoms with Crippen LogP contribution in [0.3, 0.4) is 0 Å². The lowest BCUT2D eigenvalue weighted by Gasteiger charge is -2.03. The van der Waals surface area contributed by atoms with Crippen LogP contribution in [0.15, 0.2) is 42.9 Å². The Bertz CT molecular complexity index is 763. The van der Waals surface area contributed by atoms with E-state index in [0.29, 0.717) is 18.4 Å². The van der Waals surface area contributed by atoms with E-state index in [1.165, 1.54) is 0 Å². The second-order valence-electron chi connectivity index (χ2n) is 4.63. The minimum atomic E-state index is 0.110. The van der Waals surface area contributed by atoms with Gasteiger partial charge in [-0.3, -0.25) is 19.4 Å². The molecule has 2 heterocycles. The number of carbonyl (C=O) groups excluding carboxylic acids is 1. The number of aryl methyl sites for hydroxylation is 2. The third kappa shape index (κ3) is 2.42. The molecule has 5 heteroatoms. The molecule has 0 aliphatic carbocycles. The van der Waals surface area contributed by atoms with E-state index in [1.807, 2.05) is 25.2 Å². The van der Waals surface area contributed by atoms with Crippen molar-refractivity contribution in [3.8, 4) is 0 Å². The number of fused-ring (bicyclic) bond motifs is 1. The van der Waals surface area contributed by atoms with Crippen molar-refractivity contribution in [2.45, 2.75) is 12.8 Å². The monoisotopic (exact) mass is 266 g/mol. The van der Waals surface area contributed by atoms with Gasteiger partial charge >= 0.3 is 0 Å². The summed E-state index contributed by atoms with van der Waals surface area (Å²) >= 11 is 0. The van der Waals surface area contributed by atoms with Gasteiger partial charge < -0.3 is 0 Å². The second kappa shape index (κ2) is 5.21. The van der Waals surface area contributed by atoms with Crippen molar-refractivity contribution in [1.29, 1.82) is 0 Å². The number of hydrogen-bond donors (Lipinski definition) is 0. The number of benzene rings is 1. The largest absolute Gasteiger partial charge is 0.294 e. The smallest absolute Gasteiger partial charge is 0.163 e. The van der Waals surface area contributed by atoms with Gasteiger partial charge in [-0.2, -0.15) is 5.10 Å². The molecule has 100 valence electrons. The Labute approximate surface area is 116 Å². The molecule has 0 atom stereocenters. The van der Waals surface area contributed by atoms with Crippen LogP contribution >= 0.6 is 0 Å². The molecule has 3 rings (SSSR count). The van der Waals surface area contributed by atoms with Gasteiger partial charge in [-0.15, -0.1) is 0 Å². The van der Waals surface area contributed by atoms with Gasteiger partial charge in [0.15, 0.2) is 5.78 Å². The van der Waals surface area contributed by atoms with Gasteiger partial charge in [-0.25, -0.2) is 0 Å². The highest BCUT2D eigenvalue weighted by Crippen LogP contribution is 2.13. The maximum Gasteiger partial charge on any atom is 0.163 e. The molecule has 2 aromatic heterocycles. The Hall–Kier alpha value is -2.56. The fourth-order valence-corrected chi connectivity index (χ4v) is 2.17. The molecule has 0 aliphatic rings. The normalized spacial score (nSPS) is 10.8. The highest BCUT2D eigenvalue weighted by atomic mass is 16.1. The van der Waals surface area contributed by atoms with Crippen molar-refractivity contribution in [3.63, 3.8) is 0 Å². The second-order valence-corrected chi connectivity index (χ2v) is 4.63. The molecule has 3 aromatic rings. The molecule has 0 saturated heterocycles. The van der Waals surface area contributed by atoms with Crippen molar-refractivity contribution in [1.82, 2.24) is 19.7 Å². The lowest BCUT2D eigenvalue weighted by atomic mass is 10.0. The number of ketones is 1. The Morgan fingerprint density at radius 3 is 2.65 bits per heavy atom. The average molecular weight is 266 g/mol. The molecule has 20 heavy (non-hydrogen) atoms. The predicted molar refractivity (Wildman–Crippen MR) is 75.4 cm³/mol. The lowest BCUT2D eigenvalue weighted by molar-refractivity contribution is 0.0982. The van der Waals surface area contributed by atoms with Crippen LogP contribution in [-0.2, 0) is 13.5 Å².